The maximum atomic E-state index is 12.1. The number of esters is 1. The zero-order valence-corrected chi connectivity index (χ0v) is 14.7. The van der Waals surface area contributed by atoms with Crippen LogP contribution in [-0.4, -0.2) is 18.9 Å². The maximum absolute atomic E-state index is 12.1. The van der Waals surface area contributed by atoms with Crippen molar-refractivity contribution in [2.24, 2.45) is 0 Å². The molecular weight excluding hydrogens is 360 g/mol. The van der Waals surface area contributed by atoms with Crippen LogP contribution in [0.25, 0.3) is 0 Å². The molecule has 5 heteroatoms. The Labute approximate surface area is 143 Å². The third-order valence-electron chi connectivity index (χ3n) is 3.48. The largest absolute Gasteiger partial charge is 0.473 e. The van der Waals surface area contributed by atoms with E-state index in [2.05, 4.69) is 15.9 Å². The van der Waals surface area contributed by atoms with Gasteiger partial charge in [0.2, 0.25) is 6.10 Å². The first-order chi connectivity index (χ1) is 11.0. The van der Waals surface area contributed by atoms with Gasteiger partial charge in [0.15, 0.2) is 5.78 Å². The Balaban J connectivity index is 2.47. The molecule has 2 aromatic carbocycles. The number of carbonyl (C=O) groups excluding carboxylic acids is 2. The van der Waals surface area contributed by atoms with Crippen molar-refractivity contribution in [3.05, 3.63) is 63.6 Å². The molecule has 0 radical (unpaired) electrons. The van der Waals surface area contributed by atoms with E-state index >= 15 is 0 Å². The van der Waals surface area contributed by atoms with Gasteiger partial charge in [-0.05, 0) is 31.5 Å². The van der Waals surface area contributed by atoms with Crippen LogP contribution < -0.4 is 4.74 Å². The predicted octanol–water partition coefficient (Wildman–Crippen LogP) is 4.25. The molecule has 0 heterocycles. The van der Waals surface area contributed by atoms with E-state index in [1.807, 2.05) is 25.1 Å². The van der Waals surface area contributed by atoms with Crippen LogP contribution in [0.1, 0.15) is 34.5 Å². The van der Waals surface area contributed by atoms with E-state index in [4.69, 9.17) is 9.47 Å². The lowest BCUT2D eigenvalue weighted by molar-refractivity contribution is -0.149. The molecule has 0 aliphatic rings. The van der Waals surface area contributed by atoms with Crippen molar-refractivity contribution in [3.63, 3.8) is 0 Å². The van der Waals surface area contributed by atoms with Gasteiger partial charge >= 0.3 is 5.97 Å². The number of carbonyl (C=O) groups is 2. The fraction of sp³-hybridized carbons (Fsp3) is 0.222. The van der Waals surface area contributed by atoms with Crippen molar-refractivity contribution in [2.75, 3.05) is 7.11 Å². The molecule has 2 aromatic rings. The van der Waals surface area contributed by atoms with E-state index in [-0.39, 0.29) is 5.78 Å². The van der Waals surface area contributed by atoms with Gasteiger partial charge in [0.1, 0.15) is 5.75 Å². The molecule has 1 atom stereocenters. The lowest BCUT2D eigenvalue weighted by atomic mass is 10.0. The van der Waals surface area contributed by atoms with E-state index in [1.165, 1.54) is 14.0 Å². The summed E-state index contributed by atoms with van der Waals surface area (Å²) in [5.41, 5.74) is 1.88. The highest BCUT2D eigenvalue weighted by atomic mass is 79.9. The highest BCUT2D eigenvalue weighted by Gasteiger charge is 2.26. The molecule has 1 unspecified atom stereocenters. The number of halogens is 1. The van der Waals surface area contributed by atoms with Crippen LogP contribution in [0.5, 0.6) is 5.75 Å². The Morgan fingerprint density at radius 2 is 1.74 bits per heavy atom. The minimum atomic E-state index is -0.931. The Bertz CT molecular complexity index is 725. The van der Waals surface area contributed by atoms with Gasteiger partial charge in [0.05, 0.1) is 12.7 Å². The van der Waals surface area contributed by atoms with Crippen LogP contribution in [-0.2, 0) is 9.53 Å². The molecular formula is C18H17BrO4. The normalized spacial score (nSPS) is 11.7. The number of ketones is 1. The average molecular weight is 377 g/mol. The smallest absolute Gasteiger partial charge is 0.351 e. The molecule has 0 N–H and O–H groups in total. The quantitative estimate of drug-likeness (QED) is 0.577. The molecule has 4 nitrogen and oxygen atoms in total. The summed E-state index contributed by atoms with van der Waals surface area (Å²) in [5, 5.41) is 0. The first-order valence-corrected chi connectivity index (χ1v) is 7.84. The highest BCUT2D eigenvalue weighted by Crippen LogP contribution is 2.32. The lowest BCUT2D eigenvalue weighted by Gasteiger charge is -2.20. The second-order valence-corrected chi connectivity index (χ2v) is 5.89. The van der Waals surface area contributed by atoms with Crippen LogP contribution in [0.3, 0.4) is 0 Å². The van der Waals surface area contributed by atoms with Crippen LogP contribution in [0.15, 0.2) is 46.9 Å². The van der Waals surface area contributed by atoms with Crippen molar-refractivity contribution in [1.29, 1.82) is 0 Å². The second kappa shape index (κ2) is 7.42. The zero-order valence-electron chi connectivity index (χ0n) is 13.1. The van der Waals surface area contributed by atoms with Gasteiger partial charge in [-0.25, -0.2) is 4.79 Å². The van der Waals surface area contributed by atoms with Crippen LogP contribution >= 0.6 is 15.9 Å². The molecule has 0 aliphatic heterocycles. The van der Waals surface area contributed by atoms with E-state index in [9.17, 15) is 9.59 Å². The third kappa shape index (κ3) is 3.79. The molecule has 0 spiro atoms. The monoisotopic (exact) mass is 376 g/mol. The van der Waals surface area contributed by atoms with Gasteiger partial charge in [-0.1, -0.05) is 46.3 Å². The summed E-state index contributed by atoms with van der Waals surface area (Å²) < 4.78 is 11.5. The molecule has 0 aliphatic carbocycles. The summed E-state index contributed by atoms with van der Waals surface area (Å²) in [6, 6.07) is 12.5. The SMILES string of the molecule is COC(=O)C(Oc1ccc(Br)c(C)c1C(C)=O)c1ccccc1. The maximum Gasteiger partial charge on any atom is 0.351 e. The fourth-order valence-electron chi connectivity index (χ4n) is 2.31. The first-order valence-electron chi connectivity index (χ1n) is 7.05. The molecule has 0 aromatic heterocycles. The number of rotatable bonds is 5. The topological polar surface area (TPSA) is 52.6 Å². The molecule has 120 valence electrons. The van der Waals surface area contributed by atoms with Crippen LogP contribution in [0.4, 0.5) is 0 Å². The van der Waals surface area contributed by atoms with E-state index in [0.29, 0.717) is 16.9 Å². The standard InChI is InChI=1S/C18H17BrO4/c1-11-14(19)9-10-15(16(11)12(2)20)23-17(18(21)22-3)13-7-5-4-6-8-13/h4-10,17H,1-3H3. The van der Waals surface area contributed by atoms with E-state index < -0.39 is 12.1 Å². The summed E-state index contributed by atoms with van der Waals surface area (Å²) in [5.74, 6) is -0.292. The van der Waals surface area contributed by atoms with Crippen molar-refractivity contribution >= 4 is 27.7 Å². The highest BCUT2D eigenvalue weighted by molar-refractivity contribution is 9.10. The van der Waals surface area contributed by atoms with E-state index in [0.717, 1.165) is 10.0 Å². The summed E-state index contributed by atoms with van der Waals surface area (Å²) in [7, 11) is 1.31. The zero-order chi connectivity index (χ0) is 17.0. The number of hydrogen-bond acceptors (Lipinski definition) is 4. The van der Waals surface area contributed by atoms with Gasteiger partial charge in [0, 0.05) is 10.0 Å². The number of methoxy groups -OCH3 is 1. The molecule has 0 saturated heterocycles. The van der Waals surface area contributed by atoms with Crippen molar-refractivity contribution in [2.45, 2.75) is 20.0 Å². The number of hydrogen-bond donors (Lipinski definition) is 0. The summed E-state index contributed by atoms with van der Waals surface area (Å²) in [6.45, 7) is 3.29. The fourth-order valence-corrected chi connectivity index (χ4v) is 2.64. The van der Waals surface area contributed by atoms with Crippen molar-refractivity contribution < 1.29 is 19.1 Å². The van der Waals surface area contributed by atoms with Gasteiger partial charge in [-0.2, -0.15) is 0 Å². The molecule has 0 amide bonds. The van der Waals surface area contributed by atoms with Gasteiger partial charge < -0.3 is 9.47 Å². The van der Waals surface area contributed by atoms with Gasteiger partial charge in [0.25, 0.3) is 0 Å². The lowest BCUT2D eigenvalue weighted by Crippen LogP contribution is -2.21. The van der Waals surface area contributed by atoms with E-state index in [1.54, 1.807) is 24.3 Å². The Kier molecular flexibility index (Phi) is 5.55. The van der Waals surface area contributed by atoms with Crippen molar-refractivity contribution in [3.8, 4) is 5.75 Å². The third-order valence-corrected chi connectivity index (χ3v) is 4.33. The molecule has 0 saturated carbocycles. The number of benzene rings is 2. The molecule has 0 fully saturated rings. The number of ether oxygens (including phenoxy) is 2. The van der Waals surface area contributed by atoms with Crippen LogP contribution in [0, 0.1) is 6.92 Å². The minimum Gasteiger partial charge on any atom is -0.473 e. The first kappa shape index (κ1) is 17.2. The van der Waals surface area contributed by atoms with Crippen LogP contribution in [0.2, 0.25) is 0 Å². The minimum absolute atomic E-state index is 0.129. The van der Waals surface area contributed by atoms with Gasteiger partial charge in [-0.3, -0.25) is 4.79 Å². The molecule has 0 bridgehead atoms. The summed E-state index contributed by atoms with van der Waals surface area (Å²) in [4.78, 5) is 24.1. The van der Waals surface area contributed by atoms with Gasteiger partial charge in [-0.15, -0.1) is 0 Å². The molecule has 2 rings (SSSR count). The Morgan fingerprint density at radius 3 is 2.30 bits per heavy atom. The average Bonchev–Trinajstić information content (AvgIpc) is 2.55. The number of Topliss-reactive ketones (excluding diaryl/α,β-unsaturated/α-hetero) is 1. The predicted molar refractivity (Wildman–Crippen MR) is 90.7 cm³/mol. The Hall–Kier alpha value is -2.14. The Morgan fingerprint density at radius 1 is 1.09 bits per heavy atom. The summed E-state index contributed by atoms with van der Waals surface area (Å²) >= 11 is 3.40. The summed E-state index contributed by atoms with van der Waals surface area (Å²) in [6.07, 6.45) is -0.931. The second-order valence-electron chi connectivity index (χ2n) is 5.03. The molecule has 23 heavy (non-hydrogen) atoms. The van der Waals surface area contributed by atoms with Crippen molar-refractivity contribution in [1.82, 2.24) is 0 Å².